The summed E-state index contributed by atoms with van der Waals surface area (Å²) in [6, 6.07) is 40.7. The molecule has 0 fully saturated rings. The summed E-state index contributed by atoms with van der Waals surface area (Å²) in [5.41, 5.74) is -8.17. The molecule has 0 atom stereocenters. The second kappa shape index (κ2) is 17.6. The van der Waals surface area contributed by atoms with Gasteiger partial charge in [-0.05, 0) is 201 Å². The van der Waals surface area contributed by atoms with Gasteiger partial charge in [0, 0.05) is 11.1 Å². The molecule has 0 radical (unpaired) electrons. The van der Waals surface area contributed by atoms with E-state index in [1.54, 1.807) is 24.3 Å². The number of hydrogen-bond acceptors (Lipinski definition) is 6. The van der Waals surface area contributed by atoms with E-state index in [0.717, 1.165) is 110 Å². The van der Waals surface area contributed by atoms with Crippen molar-refractivity contribution in [3.63, 3.8) is 0 Å². The smallest absolute Gasteiger partial charge is 0.375 e. The molecule has 0 unspecified atom stereocenters. The van der Waals surface area contributed by atoms with Crippen LogP contribution in [0.4, 0.5) is 26.3 Å². The Labute approximate surface area is 471 Å². The molecule has 6 nitrogen and oxygen atoms in total. The quantitative estimate of drug-likeness (QED) is 0.0542. The van der Waals surface area contributed by atoms with Crippen molar-refractivity contribution < 1.29 is 51.5 Å². The highest BCUT2D eigenvalue weighted by molar-refractivity contribution is 7.88. The van der Waals surface area contributed by atoms with Crippen molar-refractivity contribution in [3.05, 3.63) is 156 Å². The largest absolute Gasteiger partial charge is 0.534 e. The zero-order valence-electron chi connectivity index (χ0n) is 47.2. The topological polar surface area (TPSA) is 86.7 Å². The maximum atomic E-state index is 14.5. The van der Waals surface area contributed by atoms with E-state index in [0.29, 0.717) is 10.8 Å². The molecule has 0 heterocycles. The van der Waals surface area contributed by atoms with Crippen LogP contribution in [0.25, 0.3) is 119 Å². The summed E-state index contributed by atoms with van der Waals surface area (Å²) < 4.78 is 149. The number of benzene rings is 12. The zero-order chi connectivity index (χ0) is 59.1. The Balaban J connectivity index is 1.18. The fourth-order valence-electron chi connectivity index (χ4n) is 12.0. The van der Waals surface area contributed by atoms with E-state index in [1.165, 1.54) is 12.1 Å². The second-order valence-electron chi connectivity index (χ2n) is 26.1. The van der Waals surface area contributed by atoms with Gasteiger partial charge in [-0.1, -0.05) is 168 Å². The minimum Gasteiger partial charge on any atom is -0.375 e. The van der Waals surface area contributed by atoms with Crippen molar-refractivity contribution in [1.82, 2.24) is 0 Å². The Morgan fingerprint density at radius 2 is 0.573 bits per heavy atom. The summed E-state index contributed by atoms with van der Waals surface area (Å²) in [6.07, 6.45) is 0. The van der Waals surface area contributed by atoms with Gasteiger partial charge in [0.05, 0.1) is 0 Å². The summed E-state index contributed by atoms with van der Waals surface area (Å²) >= 11 is 0. The summed E-state index contributed by atoms with van der Waals surface area (Å²) in [5, 5.41) is 13.9. The van der Waals surface area contributed by atoms with Crippen molar-refractivity contribution in [1.29, 1.82) is 0 Å². The minimum atomic E-state index is -6.39. The molecule has 0 bridgehead atoms. The van der Waals surface area contributed by atoms with Crippen molar-refractivity contribution in [2.24, 2.45) is 0 Å². The minimum absolute atomic E-state index is 0.0970. The van der Waals surface area contributed by atoms with Gasteiger partial charge in [-0.25, -0.2) is 0 Å². The van der Waals surface area contributed by atoms with Crippen LogP contribution < -0.4 is 8.37 Å². The molecule has 12 aromatic rings. The molecule has 12 rings (SSSR count). The number of alkyl halides is 6. The van der Waals surface area contributed by atoms with E-state index in [9.17, 15) is 43.2 Å². The van der Waals surface area contributed by atoms with Gasteiger partial charge in [0.2, 0.25) is 0 Å². The lowest BCUT2D eigenvalue weighted by molar-refractivity contribution is -0.0504. The number of rotatable bonds is 6. The highest BCUT2D eigenvalue weighted by Gasteiger charge is 2.50. The second-order valence-corrected chi connectivity index (χ2v) is 29.2. The Hall–Kier alpha value is -7.42. The van der Waals surface area contributed by atoms with Gasteiger partial charge in [0.15, 0.2) is 11.5 Å². The van der Waals surface area contributed by atoms with E-state index < -0.39 is 42.8 Å². The maximum absolute atomic E-state index is 14.5. The molecule has 14 heteroatoms. The molecule has 0 aliphatic heterocycles. The van der Waals surface area contributed by atoms with Crippen LogP contribution in [0.5, 0.6) is 11.5 Å². The summed E-state index contributed by atoms with van der Waals surface area (Å²) in [6.45, 7) is 25.6. The van der Waals surface area contributed by atoms with Crippen LogP contribution in [-0.2, 0) is 41.9 Å². The first-order valence-electron chi connectivity index (χ1n) is 26.9. The number of fused-ring (bicyclic) bond motifs is 5. The molecular formula is C68H58F6O6S2. The van der Waals surface area contributed by atoms with Gasteiger partial charge in [-0.15, -0.1) is 0 Å². The maximum Gasteiger partial charge on any atom is 0.534 e. The fraction of sp³-hybridized carbons (Fsp3) is 0.265. The average Bonchev–Trinajstić information content (AvgIpc) is 0.907. The van der Waals surface area contributed by atoms with Crippen LogP contribution in [-0.4, -0.2) is 27.9 Å². The Morgan fingerprint density at radius 1 is 0.293 bits per heavy atom. The Kier molecular flexibility index (Phi) is 11.8. The first-order chi connectivity index (χ1) is 37.9. The fourth-order valence-corrected chi connectivity index (χ4v) is 12.9. The van der Waals surface area contributed by atoms with Gasteiger partial charge in [-0.3, -0.25) is 0 Å². The van der Waals surface area contributed by atoms with Gasteiger partial charge in [0.1, 0.15) is 0 Å². The molecule has 0 amide bonds. The molecule has 0 aliphatic carbocycles. The van der Waals surface area contributed by atoms with Crippen molar-refractivity contribution >= 4 is 117 Å². The molecule has 0 N–H and O–H groups in total. The summed E-state index contributed by atoms with van der Waals surface area (Å²) in [4.78, 5) is 0. The number of hydrogen-bond donors (Lipinski definition) is 0. The highest BCUT2D eigenvalue weighted by atomic mass is 32.2. The van der Waals surface area contributed by atoms with Crippen LogP contribution in [0.15, 0.2) is 133 Å². The lowest BCUT2D eigenvalue weighted by Gasteiger charge is -2.26. The molecule has 0 spiro atoms. The van der Waals surface area contributed by atoms with E-state index in [-0.39, 0.29) is 54.7 Å². The summed E-state index contributed by atoms with van der Waals surface area (Å²) in [5.74, 6) is -1.63. The Morgan fingerprint density at radius 3 is 0.866 bits per heavy atom. The first-order valence-corrected chi connectivity index (χ1v) is 29.8. The first kappa shape index (κ1) is 55.1. The van der Waals surface area contributed by atoms with Crippen molar-refractivity contribution in [2.75, 3.05) is 0 Å². The van der Waals surface area contributed by atoms with Gasteiger partial charge in [-0.2, -0.15) is 43.2 Å². The standard InChI is InChI=1S/C68H58F6O6S2/c1-63(2,3)39-23-37-25-41(65(7,8)9)33-55-49-21-19-43(45-15-13-17-47(61(45)49)53(31-39)59(37)55)51-27-35-28-52(58(80-82(77,78)68(72,73)74)30-36(35)29-57(51)79-81(75,76)67(69,70)71)44-20-22-50-56-34-42(66(10,11)12)26-38-24-40(64(4,5)6)32-54(60(38)56)48-18-14-16-46(44)62(48)50/h13-34H,1-12H3. The van der Waals surface area contributed by atoms with Crippen molar-refractivity contribution in [3.8, 4) is 33.8 Å². The number of halogens is 6. The molecule has 420 valence electrons. The van der Waals surface area contributed by atoms with Gasteiger partial charge >= 0.3 is 31.3 Å². The van der Waals surface area contributed by atoms with Crippen molar-refractivity contribution in [2.45, 2.75) is 116 Å². The normalized spacial score (nSPS) is 13.9. The van der Waals surface area contributed by atoms with Crippen LogP contribution in [0.1, 0.15) is 105 Å². The van der Waals surface area contributed by atoms with E-state index in [4.69, 9.17) is 8.37 Å². The van der Waals surface area contributed by atoms with E-state index >= 15 is 0 Å². The SMILES string of the molecule is CC(C)(C)c1cc2cc(C(C)(C)C)cc3c4ccc(-c5cc6cc(-c7ccc8c9cc(C(C)(C)C)cc%10cc(C(C)(C)C)cc(c%11cccc7c%118)c%109)c(OS(=O)(=O)C(F)(F)F)cc6cc5OS(=O)(=O)C(F)(F)F)c5cccc(c(c1)c23)c54. The third kappa shape index (κ3) is 8.71. The van der Waals surface area contributed by atoms with Crippen LogP contribution >= 0.6 is 0 Å². The third-order valence-electron chi connectivity index (χ3n) is 16.4. The Bertz CT molecular complexity index is 4510. The van der Waals surface area contributed by atoms with Crippen LogP contribution in [0, 0.1) is 0 Å². The predicted octanol–water partition coefficient (Wildman–Crippen LogP) is 19.9. The lowest BCUT2D eigenvalue weighted by atomic mass is 9.78. The molecule has 12 aromatic carbocycles. The average molecular weight is 1150 g/mol. The lowest BCUT2D eigenvalue weighted by Crippen LogP contribution is -2.28. The molecule has 82 heavy (non-hydrogen) atoms. The molecular weight excluding hydrogens is 1090 g/mol. The molecule has 0 saturated heterocycles. The van der Waals surface area contributed by atoms with Crippen LogP contribution in [0.3, 0.4) is 0 Å². The third-order valence-corrected chi connectivity index (χ3v) is 18.3. The molecule has 0 aromatic heterocycles. The van der Waals surface area contributed by atoms with Gasteiger partial charge in [0.25, 0.3) is 0 Å². The zero-order valence-corrected chi connectivity index (χ0v) is 48.9. The van der Waals surface area contributed by atoms with E-state index in [2.05, 4.69) is 132 Å². The predicted molar refractivity (Wildman–Crippen MR) is 323 cm³/mol. The van der Waals surface area contributed by atoms with E-state index in [1.807, 2.05) is 36.4 Å². The molecule has 0 saturated carbocycles. The van der Waals surface area contributed by atoms with Gasteiger partial charge < -0.3 is 8.37 Å². The monoisotopic (exact) mass is 1150 g/mol. The van der Waals surface area contributed by atoms with Crippen LogP contribution in [0.2, 0.25) is 0 Å². The summed E-state index contributed by atoms with van der Waals surface area (Å²) in [7, 11) is -12.8. The molecule has 0 aliphatic rings. The highest BCUT2D eigenvalue weighted by Crippen LogP contribution is 2.52.